The van der Waals surface area contributed by atoms with Crippen LogP contribution in [0.25, 0.3) is 16.3 Å². The summed E-state index contributed by atoms with van der Waals surface area (Å²) in [5.41, 5.74) is 1.90. The highest BCUT2D eigenvalue weighted by Crippen LogP contribution is 2.29. The molecular weight excluding hydrogens is 332 g/mol. The Bertz CT molecular complexity index is 884. The van der Waals surface area contributed by atoms with Gasteiger partial charge in [-0.2, -0.15) is 0 Å². The number of nitrogens with zero attached hydrogens (tertiary/aromatic N) is 2. The molecule has 1 aromatic heterocycles. The van der Waals surface area contributed by atoms with Crippen molar-refractivity contribution >= 4 is 33.5 Å². The molecule has 1 amide bonds. The van der Waals surface area contributed by atoms with Crippen LogP contribution in [0.5, 0.6) is 5.75 Å². The van der Waals surface area contributed by atoms with E-state index in [4.69, 9.17) is 4.74 Å². The van der Waals surface area contributed by atoms with Crippen LogP contribution in [-0.2, 0) is 4.79 Å². The Morgan fingerprint density at radius 1 is 1.24 bits per heavy atom. The van der Waals surface area contributed by atoms with Crippen molar-refractivity contribution in [3.05, 3.63) is 65.2 Å². The lowest BCUT2D eigenvalue weighted by atomic mass is 10.2. The number of carbonyl (C=O) groups excluding carboxylic acids is 1. The van der Waals surface area contributed by atoms with Crippen molar-refractivity contribution in [2.45, 2.75) is 13.0 Å². The van der Waals surface area contributed by atoms with Gasteiger partial charge < -0.3 is 9.64 Å². The molecule has 0 aliphatic rings. The number of hydrogen-bond acceptors (Lipinski definition) is 4. The third-order valence-corrected chi connectivity index (χ3v) is 5.32. The fourth-order valence-corrected chi connectivity index (χ4v) is 3.52. The van der Waals surface area contributed by atoms with Crippen LogP contribution < -0.4 is 4.74 Å². The van der Waals surface area contributed by atoms with E-state index in [0.29, 0.717) is 0 Å². The summed E-state index contributed by atoms with van der Waals surface area (Å²) in [7, 11) is 3.43. The number of benzene rings is 2. The minimum Gasteiger partial charge on any atom is -0.497 e. The van der Waals surface area contributed by atoms with E-state index in [1.54, 1.807) is 42.5 Å². The summed E-state index contributed by atoms with van der Waals surface area (Å²) in [6.07, 6.45) is 3.38. The van der Waals surface area contributed by atoms with Crippen molar-refractivity contribution in [3.63, 3.8) is 0 Å². The van der Waals surface area contributed by atoms with Crippen molar-refractivity contribution in [2.24, 2.45) is 0 Å². The van der Waals surface area contributed by atoms with Crippen molar-refractivity contribution in [1.29, 1.82) is 0 Å². The first-order chi connectivity index (χ1) is 12.1. The molecule has 128 valence electrons. The predicted octanol–water partition coefficient (Wildman–Crippen LogP) is 4.54. The van der Waals surface area contributed by atoms with Crippen LogP contribution in [0.15, 0.2) is 54.6 Å². The van der Waals surface area contributed by atoms with Gasteiger partial charge in [-0.25, -0.2) is 4.98 Å². The molecular formula is C20H20N2O2S. The summed E-state index contributed by atoms with van der Waals surface area (Å²) >= 11 is 1.62. The first-order valence-electron chi connectivity index (χ1n) is 8.03. The Morgan fingerprint density at radius 3 is 2.80 bits per heavy atom. The van der Waals surface area contributed by atoms with Gasteiger partial charge in [-0.1, -0.05) is 24.3 Å². The van der Waals surface area contributed by atoms with Crippen LogP contribution in [0.2, 0.25) is 0 Å². The normalized spacial score (nSPS) is 12.4. The van der Waals surface area contributed by atoms with Crippen LogP contribution in [-0.4, -0.2) is 29.9 Å². The quantitative estimate of drug-likeness (QED) is 0.633. The molecule has 5 heteroatoms. The summed E-state index contributed by atoms with van der Waals surface area (Å²) in [6, 6.07) is 15.5. The number of fused-ring (bicyclic) bond motifs is 1. The molecule has 2 aromatic carbocycles. The van der Waals surface area contributed by atoms with Gasteiger partial charge in [0.1, 0.15) is 10.8 Å². The third-order valence-electron chi connectivity index (χ3n) is 4.11. The molecule has 3 rings (SSSR count). The first-order valence-corrected chi connectivity index (χ1v) is 8.84. The van der Waals surface area contributed by atoms with Gasteiger partial charge in [-0.3, -0.25) is 4.79 Å². The standard InChI is InChI=1S/C20H20N2O2S/c1-14(20-21-17-9-4-5-10-18(17)25-20)22(2)19(23)12-11-15-7-6-8-16(13-15)24-3/h4-14H,1-3H3/b12-11+. The summed E-state index contributed by atoms with van der Waals surface area (Å²) in [6.45, 7) is 2.00. The number of thiazole rings is 1. The number of rotatable bonds is 5. The second-order valence-electron chi connectivity index (χ2n) is 5.75. The largest absolute Gasteiger partial charge is 0.497 e. The molecule has 0 N–H and O–H groups in total. The van der Waals surface area contributed by atoms with Crippen LogP contribution in [0.3, 0.4) is 0 Å². The monoisotopic (exact) mass is 352 g/mol. The highest BCUT2D eigenvalue weighted by Gasteiger charge is 2.19. The second kappa shape index (κ2) is 7.49. The zero-order valence-electron chi connectivity index (χ0n) is 14.5. The third kappa shape index (κ3) is 3.88. The van der Waals surface area contributed by atoms with E-state index >= 15 is 0 Å². The SMILES string of the molecule is COc1cccc(/C=C/C(=O)N(C)C(C)c2nc3ccccc3s2)c1. The van der Waals surface area contributed by atoms with Gasteiger partial charge in [-0.05, 0) is 42.8 Å². The zero-order chi connectivity index (χ0) is 17.8. The van der Waals surface area contributed by atoms with Crippen LogP contribution in [0, 0.1) is 0 Å². The molecule has 0 spiro atoms. The van der Waals surface area contributed by atoms with E-state index in [1.165, 1.54) is 0 Å². The molecule has 1 heterocycles. The summed E-state index contributed by atoms with van der Waals surface area (Å²) in [5.74, 6) is 0.709. The lowest BCUT2D eigenvalue weighted by molar-refractivity contribution is -0.126. The fraction of sp³-hybridized carbons (Fsp3) is 0.200. The Morgan fingerprint density at radius 2 is 2.04 bits per heavy atom. The number of carbonyl (C=O) groups is 1. The van der Waals surface area contributed by atoms with E-state index in [-0.39, 0.29) is 11.9 Å². The maximum atomic E-state index is 12.5. The van der Waals surface area contributed by atoms with E-state index in [0.717, 1.165) is 26.5 Å². The molecule has 0 fully saturated rings. The van der Waals surface area contributed by atoms with Crippen molar-refractivity contribution in [1.82, 2.24) is 9.88 Å². The maximum Gasteiger partial charge on any atom is 0.246 e. The number of amides is 1. The van der Waals surface area contributed by atoms with Gasteiger partial charge >= 0.3 is 0 Å². The fourth-order valence-electron chi connectivity index (χ4n) is 2.46. The Balaban J connectivity index is 1.73. The Hall–Kier alpha value is -2.66. The Labute approximate surface area is 151 Å². The average molecular weight is 352 g/mol. The molecule has 0 bridgehead atoms. The number of aromatic nitrogens is 1. The first kappa shape index (κ1) is 17.2. The van der Waals surface area contributed by atoms with Crippen molar-refractivity contribution < 1.29 is 9.53 Å². The lowest BCUT2D eigenvalue weighted by Crippen LogP contribution is -2.27. The van der Waals surface area contributed by atoms with E-state index in [9.17, 15) is 4.79 Å². The molecule has 3 aromatic rings. The zero-order valence-corrected chi connectivity index (χ0v) is 15.3. The molecule has 0 saturated carbocycles. The molecule has 0 aliphatic carbocycles. The van der Waals surface area contributed by atoms with Gasteiger partial charge in [0.25, 0.3) is 0 Å². The van der Waals surface area contributed by atoms with Crippen LogP contribution >= 0.6 is 11.3 Å². The average Bonchev–Trinajstić information content (AvgIpc) is 3.09. The summed E-state index contributed by atoms with van der Waals surface area (Å²) < 4.78 is 6.33. The molecule has 1 atom stereocenters. The van der Waals surface area contributed by atoms with Crippen LogP contribution in [0.1, 0.15) is 23.5 Å². The van der Waals surface area contributed by atoms with Gasteiger partial charge in [0.05, 0.1) is 23.4 Å². The van der Waals surface area contributed by atoms with Crippen molar-refractivity contribution in [3.8, 4) is 5.75 Å². The number of ether oxygens (including phenoxy) is 1. The number of hydrogen-bond donors (Lipinski definition) is 0. The van der Waals surface area contributed by atoms with Gasteiger partial charge in [0.15, 0.2) is 0 Å². The smallest absolute Gasteiger partial charge is 0.246 e. The summed E-state index contributed by atoms with van der Waals surface area (Å²) in [4.78, 5) is 18.8. The molecule has 0 aliphatic heterocycles. The highest BCUT2D eigenvalue weighted by molar-refractivity contribution is 7.18. The van der Waals surface area contributed by atoms with Crippen molar-refractivity contribution in [2.75, 3.05) is 14.2 Å². The van der Waals surface area contributed by atoms with Gasteiger partial charge in [0, 0.05) is 13.1 Å². The minimum atomic E-state index is -0.0835. The topological polar surface area (TPSA) is 42.4 Å². The maximum absolute atomic E-state index is 12.5. The van der Waals surface area contributed by atoms with Gasteiger partial charge in [-0.15, -0.1) is 11.3 Å². The lowest BCUT2D eigenvalue weighted by Gasteiger charge is -2.21. The second-order valence-corrected chi connectivity index (χ2v) is 6.82. The molecule has 0 saturated heterocycles. The number of para-hydroxylation sites is 1. The van der Waals surface area contributed by atoms with Crippen LogP contribution in [0.4, 0.5) is 0 Å². The highest BCUT2D eigenvalue weighted by atomic mass is 32.1. The number of likely N-dealkylation sites (N-methyl/N-ethyl adjacent to an activating group) is 1. The molecule has 1 unspecified atom stereocenters. The minimum absolute atomic E-state index is 0.0606. The molecule has 4 nitrogen and oxygen atoms in total. The summed E-state index contributed by atoms with van der Waals surface area (Å²) in [5, 5.41) is 0.937. The van der Waals surface area contributed by atoms with E-state index < -0.39 is 0 Å². The number of methoxy groups -OCH3 is 1. The van der Waals surface area contributed by atoms with E-state index in [2.05, 4.69) is 4.98 Å². The Kier molecular flexibility index (Phi) is 5.14. The predicted molar refractivity (Wildman–Crippen MR) is 103 cm³/mol. The molecule has 25 heavy (non-hydrogen) atoms. The molecule has 0 radical (unpaired) electrons. The van der Waals surface area contributed by atoms with E-state index in [1.807, 2.05) is 55.5 Å². The van der Waals surface area contributed by atoms with Gasteiger partial charge in [0.2, 0.25) is 5.91 Å².